The minimum atomic E-state index is -0.766. The number of phenols is 1. The van der Waals surface area contributed by atoms with E-state index in [0.717, 1.165) is 13.0 Å². The molecule has 0 saturated carbocycles. The summed E-state index contributed by atoms with van der Waals surface area (Å²) in [6.07, 6.45) is 1.62. The molecule has 0 bridgehead atoms. The zero-order valence-corrected chi connectivity index (χ0v) is 10.0. The van der Waals surface area contributed by atoms with Crippen LogP contribution in [0.5, 0.6) is 11.5 Å². The van der Waals surface area contributed by atoms with Crippen LogP contribution in [0.15, 0.2) is 18.2 Å². The van der Waals surface area contributed by atoms with E-state index in [-0.39, 0.29) is 11.8 Å². The molecule has 1 aromatic rings. The summed E-state index contributed by atoms with van der Waals surface area (Å²) in [4.78, 5) is 12.9. The summed E-state index contributed by atoms with van der Waals surface area (Å²) in [5.41, 5.74) is 0. The molecule has 0 spiro atoms. The Morgan fingerprint density at radius 3 is 3.11 bits per heavy atom. The van der Waals surface area contributed by atoms with Gasteiger partial charge in [0.1, 0.15) is 24.1 Å². The molecule has 0 aliphatic carbocycles. The van der Waals surface area contributed by atoms with Gasteiger partial charge in [-0.25, -0.2) is 0 Å². The van der Waals surface area contributed by atoms with Crippen LogP contribution in [0.25, 0.3) is 0 Å². The van der Waals surface area contributed by atoms with Gasteiger partial charge in [0, 0.05) is 12.6 Å². The lowest BCUT2D eigenvalue weighted by Crippen LogP contribution is -2.38. The van der Waals surface area contributed by atoms with Crippen LogP contribution in [0, 0.1) is 6.07 Å². The number of phenolic OH excluding ortho intramolecular Hbond substituents is 1. The summed E-state index contributed by atoms with van der Waals surface area (Å²) in [5, 5.41) is 18.3. The Hall–Kier alpha value is -1.75. The quantitative estimate of drug-likeness (QED) is 0.819. The predicted molar refractivity (Wildman–Crippen MR) is 64.7 cm³/mol. The fourth-order valence-corrected chi connectivity index (χ4v) is 2.18. The summed E-state index contributed by atoms with van der Waals surface area (Å²) in [5.74, 6) is -0.114. The summed E-state index contributed by atoms with van der Waals surface area (Å²) in [6, 6.07) is 6.97. The van der Waals surface area contributed by atoms with Gasteiger partial charge < -0.3 is 14.9 Å². The summed E-state index contributed by atoms with van der Waals surface area (Å²) >= 11 is 0. The number of hydrogen-bond acceptors (Lipinski definition) is 4. The van der Waals surface area contributed by atoms with E-state index in [9.17, 15) is 9.90 Å². The maximum Gasteiger partial charge on any atom is 0.320 e. The molecule has 5 nitrogen and oxygen atoms in total. The maximum atomic E-state index is 11.0. The minimum absolute atomic E-state index is 0.108. The smallest absolute Gasteiger partial charge is 0.320 e. The fourth-order valence-electron chi connectivity index (χ4n) is 2.18. The first-order chi connectivity index (χ1) is 8.66. The van der Waals surface area contributed by atoms with Crippen LogP contribution in [0.1, 0.15) is 12.8 Å². The van der Waals surface area contributed by atoms with E-state index < -0.39 is 5.97 Å². The first-order valence-electron chi connectivity index (χ1n) is 5.96. The monoisotopic (exact) mass is 250 g/mol. The molecule has 1 aliphatic heterocycles. The van der Waals surface area contributed by atoms with Crippen LogP contribution in [-0.4, -0.2) is 46.8 Å². The van der Waals surface area contributed by atoms with Gasteiger partial charge >= 0.3 is 5.97 Å². The number of hydrogen-bond donors (Lipinski definition) is 2. The lowest BCUT2D eigenvalue weighted by molar-refractivity contribution is -0.142. The SMILES string of the molecule is O=C(O)C1CCCN1CCOc1c[c]cc(O)c1. The molecule has 97 valence electrons. The zero-order chi connectivity index (χ0) is 13.0. The van der Waals surface area contributed by atoms with Crippen LogP contribution in [0.3, 0.4) is 0 Å². The molecule has 18 heavy (non-hydrogen) atoms. The highest BCUT2D eigenvalue weighted by atomic mass is 16.5. The fraction of sp³-hybridized carbons (Fsp3) is 0.462. The van der Waals surface area contributed by atoms with Crippen molar-refractivity contribution in [1.29, 1.82) is 0 Å². The van der Waals surface area contributed by atoms with Gasteiger partial charge in [-0.15, -0.1) is 0 Å². The molecule has 1 saturated heterocycles. The Bertz CT molecular complexity index is 421. The zero-order valence-electron chi connectivity index (χ0n) is 10.0. The Kier molecular flexibility index (Phi) is 4.04. The van der Waals surface area contributed by atoms with Crippen LogP contribution in [0.2, 0.25) is 0 Å². The summed E-state index contributed by atoms with van der Waals surface area (Å²) < 4.78 is 5.45. The Morgan fingerprint density at radius 2 is 2.39 bits per heavy atom. The second-order valence-corrected chi connectivity index (χ2v) is 4.31. The number of likely N-dealkylation sites (tertiary alicyclic amines) is 1. The largest absolute Gasteiger partial charge is 0.508 e. The van der Waals surface area contributed by atoms with Gasteiger partial charge in [-0.05, 0) is 37.6 Å². The number of carboxylic acid groups (broad SMARTS) is 1. The highest BCUT2D eigenvalue weighted by Gasteiger charge is 2.29. The second kappa shape index (κ2) is 5.73. The number of carboxylic acids is 1. The molecular formula is C13H16NO4. The van der Waals surface area contributed by atoms with Gasteiger partial charge in [-0.1, -0.05) is 0 Å². The van der Waals surface area contributed by atoms with E-state index >= 15 is 0 Å². The molecule has 1 unspecified atom stereocenters. The second-order valence-electron chi connectivity index (χ2n) is 4.31. The number of aromatic hydroxyl groups is 1. The average molecular weight is 250 g/mol. The standard InChI is InChI=1S/C13H16NO4/c15-10-3-1-4-11(9-10)18-8-7-14-6-2-5-12(14)13(16)17/h3-4,9,12,15H,2,5-8H2,(H,16,17). The van der Waals surface area contributed by atoms with Crippen molar-refractivity contribution in [2.24, 2.45) is 0 Å². The number of carbonyl (C=O) groups is 1. The van der Waals surface area contributed by atoms with E-state index in [1.54, 1.807) is 6.07 Å². The first-order valence-corrected chi connectivity index (χ1v) is 5.96. The third-order valence-electron chi connectivity index (χ3n) is 3.04. The van der Waals surface area contributed by atoms with Gasteiger partial charge in [-0.2, -0.15) is 0 Å². The molecule has 1 aromatic carbocycles. The van der Waals surface area contributed by atoms with Crippen molar-refractivity contribution >= 4 is 5.97 Å². The topological polar surface area (TPSA) is 70.0 Å². The van der Waals surface area contributed by atoms with E-state index in [1.165, 1.54) is 12.1 Å². The lowest BCUT2D eigenvalue weighted by atomic mass is 10.2. The molecular weight excluding hydrogens is 234 g/mol. The van der Waals surface area contributed by atoms with Crippen molar-refractivity contribution in [3.63, 3.8) is 0 Å². The molecule has 1 aliphatic rings. The highest BCUT2D eigenvalue weighted by Crippen LogP contribution is 2.19. The Morgan fingerprint density at radius 1 is 1.56 bits per heavy atom. The Labute approximate surface area is 106 Å². The van der Waals surface area contributed by atoms with Crippen molar-refractivity contribution in [1.82, 2.24) is 4.90 Å². The molecule has 1 atom stereocenters. The molecule has 1 radical (unpaired) electrons. The number of rotatable bonds is 5. The third kappa shape index (κ3) is 3.13. The average Bonchev–Trinajstić information content (AvgIpc) is 2.77. The lowest BCUT2D eigenvalue weighted by Gasteiger charge is -2.20. The number of aliphatic carboxylic acids is 1. The van der Waals surface area contributed by atoms with Crippen LogP contribution < -0.4 is 4.74 Å². The van der Waals surface area contributed by atoms with Crippen molar-refractivity contribution in [3.8, 4) is 11.5 Å². The third-order valence-corrected chi connectivity index (χ3v) is 3.04. The first kappa shape index (κ1) is 12.7. The number of ether oxygens (including phenoxy) is 1. The van der Waals surface area contributed by atoms with Gasteiger partial charge in [0.15, 0.2) is 0 Å². The molecule has 1 heterocycles. The molecule has 2 N–H and O–H groups in total. The van der Waals surface area contributed by atoms with Crippen molar-refractivity contribution < 1.29 is 19.7 Å². The molecule has 5 heteroatoms. The van der Waals surface area contributed by atoms with E-state index in [4.69, 9.17) is 9.84 Å². The molecule has 2 rings (SSSR count). The van der Waals surface area contributed by atoms with Crippen molar-refractivity contribution in [2.45, 2.75) is 18.9 Å². The van der Waals surface area contributed by atoms with Gasteiger partial charge in [0.25, 0.3) is 0 Å². The predicted octanol–water partition coefficient (Wildman–Crippen LogP) is 1.12. The van der Waals surface area contributed by atoms with Gasteiger partial charge in [-0.3, -0.25) is 9.69 Å². The van der Waals surface area contributed by atoms with Crippen molar-refractivity contribution in [3.05, 3.63) is 24.3 Å². The normalized spacial score (nSPS) is 19.9. The van der Waals surface area contributed by atoms with Crippen molar-refractivity contribution in [2.75, 3.05) is 19.7 Å². The Balaban J connectivity index is 1.80. The van der Waals surface area contributed by atoms with Gasteiger partial charge in [0.2, 0.25) is 0 Å². The maximum absolute atomic E-state index is 11.0. The van der Waals surface area contributed by atoms with E-state index in [0.29, 0.717) is 25.3 Å². The number of nitrogens with zero attached hydrogens (tertiary/aromatic N) is 1. The molecule has 1 fully saturated rings. The summed E-state index contributed by atoms with van der Waals surface area (Å²) in [7, 11) is 0. The minimum Gasteiger partial charge on any atom is -0.508 e. The highest BCUT2D eigenvalue weighted by molar-refractivity contribution is 5.73. The van der Waals surface area contributed by atoms with Crippen LogP contribution in [0.4, 0.5) is 0 Å². The van der Waals surface area contributed by atoms with Gasteiger partial charge in [0.05, 0.1) is 0 Å². The molecule has 0 aromatic heterocycles. The van der Waals surface area contributed by atoms with E-state index in [1.807, 2.05) is 4.90 Å². The molecule has 0 amide bonds. The summed E-state index contributed by atoms with van der Waals surface area (Å²) in [6.45, 7) is 1.78. The van der Waals surface area contributed by atoms with Crippen LogP contribution >= 0.6 is 0 Å². The van der Waals surface area contributed by atoms with E-state index in [2.05, 4.69) is 6.07 Å². The number of benzene rings is 1. The van der Waals surface area contributed by atoms with Crippen LogP contribution in [-0.2, 0) is 4.79 Å².